The Bertz CT molecular complexity index is 1510. The molecule has 4 heterocycles. The lowest BCUT2D eigenvalue weighted by Crippen LogP contribution is -2.64. The van der Waals surface area contributed by atoms with Crippen molar-refractivity contribution in [2.45, 2.75) is 65.3 Å². The van der Waals surface area contributed by atoms with Crippen molar-refractivity contribution in [2.24, 2.45) is 0 Å². The van der Waals surface area contributed by atoms with Gasteiger partial charge in [0.15, 0.2) is 29.7 Å². The van der Waals surface area contributed by atoms with Crippen LogP contribution in [0.4, 0.5) is 5.13 Å². The van der Waals surface area contributed by atoms with Crippen LogP contribution in [-0.2, 0) is 42.9 Å². The number of esters is 4. The monoisotopic (exact) mass is 633 g/mol. The number of anilines is 1. The first kappa shape index (κ1) is 31.6. The Morgan fingerprint density at radius 3 is 2.16 bits per heavy atom. The maximum Gasteiger partial charge on any atom is 0.303 e. The molecule has 3 unspecified atom stereocenters. The maximum absolute atomic E-state index is 13.4. The van der Waals surface area contributed by atoms with Crippen molar-refractivity contribution in [3.05, 3.63) is 40.2 Å². The van der Waals surface area contributed by atoms with Gasteiger partial charge in [-0.25, -0.2) is 9.97 Å². The van der Waals surface area contributed by atoms with E-state index in [-0.39, 0.29) is 22.4 Å². The molecule has 17 heteroatoms. The Morgan fingerprint density at radius 1 is 0.860 bits per heavy atom. The van der Waals surface area contributed by atoms with Crippen LogP contribution >= 0.6 is 22.7 Å². The van der Waals surface area contributed by atoms with E-state index in [0.717, 1.165) is 32.1 Å². The highest BCUT2D eigenvalue weighted by Crippen LogP contribution is 2.33. The predicted octanol–water partition coefficient (Wildman–Crippen LogP) is 2.09. The smallest absolute Gasteiger partial charge is 0.303 e. The van der Waals surface area contributed by atoms with E-state index in [1.807, 2.05) is 0 Å². The molecule has 0 radical (unpaired) electrons. The van der Waals surface area contributed by atoms with Gasteiger partial charge in [0.2, 0.25) is 5.78 Å². The van der Waals surface area contributed by atoms with E-state index in [2.05, 4.69) is 25.3 Å². The lowest BCUT2D eigenvalue weighted by molar-refractivity contribution is -0.247. The van der Waals surface area contributed by atoms with Crippen LogP contribution in [0.1, 0.15) is 47.9 Å². The van der Waals surface area contributed by atoms with Crippen LogP contribution in [0, 0.1) is 6.92 Å². The summed E-state index contributed by atoms with van der Waals surface area (Å²) in [5.41, 5.74) is 1.04. The Labute approximate surface area is 252 Å². The standard InChI is InChI=1S/C26H27N5O10S2/c1-11-23(43-25(30-11)16-8-27-6-7-28-16)19(36)18-9-29-26(42-18)31-24-22(40-15(5)35)21(39-14(4)34)20(38-13(3)33)17(41-24)10-37-12(2)32/h6-9,17,20-22,24H,10H2,1-5H3,(H,29,31)/t17?,20-,21?,22?,24+/m1/s1. The van der Waals surface area contributed by atoms with Gasteiger partial charge in [0.05, 0.1) is 27.8 Å². The van der Waals surface area contributed by atoms with Crippen LogP contribution in [0.2, 0.25) is 0 Å². The van der Waals surface area contributed by atoms with Gasteiger partial charge in [0.25, 0.3) is 0 Å². The maximum atomic E-state index is 13.4. The van der Waals surface area contributed by atoms with Gasteiger partial charge < -0.3 is 29.0 Å². The van der Waals surface area contributed by atoms with Gasteiger partial charge in [-0.3, -0.25) is 33.9 Å². The third-order valence-corrected chi connectivity index (χ3v) is 7.88. The first-order chi connectivity index (χ1) is 20.4. The molecular formula is C26H27N5O10S2. The average molecular weight is 634 g/mol. The largest absolute Gasteiger partial charge is 0.463 e. The van der Waals surface area contributed by atoms with Crippen LogP contribution in [0.15, 0.2) is 24.8 Å². The zero-order valence-corrected chi connectivity index (χ0v) is 25.2. The van der Waals surface area contributed by atoms with E-state index in [0.29, 0.717) is 21.3 Å². The van der Waals surface area contributed by atoms with Crippen LogP contribution < -0.4 is 5.32 Å². The van der Waals surface area contributed by atoms with Crippen molar-refractivity contribution < 1.29 is 47.7 Å². The van der Waals surface area contributed by atoms with E-state index < -0.39 is 54.5 Å². The third kappa shape index (κ3) is 7.94. The Kier molecular flexibility index (Phi) is 10.1. The van der Waals surface area contributed by atoms with Crippen LogP contribution in [-0.4, -0.2) is 86.8 Å². The van der Waals surface area contributed by atoms with E-state index in [1.165, 1.54) is 36.9 Å². The van der Waals surface area contributed by atoms with Crippen LogP contribution in [0.3, 0.4) is 0 Å². The van der Waals surface area contributed by atoms with E-state index in [9.17, 15) is 24.0 Å². The normalized spacial score (nSPS) is 21.4. The van der Waals surface area contributed by atoms with Gasteiger partial charge in [0.1, 0.15) is 23.4 Å². The molecule has 4 rings (SSSR count). The zero-order valence-electron chi connectivity index (χ0n) is 23.6. The number of nitrogens with zero attached hydrogens (tertiary/aromatic N) is 4. The number of aryl methyl sites for hydroxylation is 1. The number of rotatable bonds is 10. The molecule has 5 atom stereocenters. The van der Waals surface area contributed by atoms with Gasteiger partial charge in [0, 0.05) is 40.1 Å². The molecule has 3 aromatic rings. The predicted molar refractivity (Wildman–Crippen MR) is 149 cm³/mol. The number of carbonyl (C=O) groups excluding carboxylic acids is 5. The highest BCUT2D eigenvalue weighted by molar-refractivity contribution is 7.20. The summed E-state index contributed by atoms with van der Waals surface area (Å²) in [6.07, 6.45) is -0.371. The van der Waals surface area contributed by atoms with Gasteiger partial charge in [-0.2, -0.15) is 0 Å². The van der Waals surface area contributed by atoms with Crippen molar-refractivity contribution in [3.63, 3.8) is 0 Å². The van der Waals surface area contributed by atoms with E-state index >= 15 is 0 Å². The Morgan fingerprint density at radius 2 is 1.53 bits per heavy atom. The molecule has 0 aliphatic carbocycles. The number of thiazole rings is 2. The molecule has 1 aliphatic heterocycles. The van der Waals surface area contributed by atoms with E-state index in [1.54, 1.807) is 13.1 Å². The summed E-state index contributed by atoms with van der Waals surface area (Å²) in [6.45, 7) is 5.91. The van der Waals surface area contributed by atoms with Crippen molar-refractivity contribution in [1.29, 1.82) is 0 Å². The Hall–Kier alpha value is -4.35. The van der Waals surface area contributed by atoms with Gasteiger partial charge in [-0.1, -0.05) is 11.3 Å². The first-order valence-corrected chi connectivity index (χ1v) is 14.4. The minimum absolute atomic E-state index is 0.195. The fourth-order valence-corrected chi connectivity index (χ4v) is 5.99. The third-order valence-electron chi connectivity index (χ3n) is 5.77. The second kappa shape index (κ2) is 13.7. The lowest BCUT2D eigenvalue weighted by Gasteiger charge is -2.44. The highest BCUT2D eigenvalue weighted by atomic mass is 32.1. The highest BCUT2D eigenvalue weighted by Gasteiger charge is 2.52. The first-order valence-electron chi connectivity index (χ1n) is 12.7. The molecule has 1 saturated heterocycles. The zero-order chi connectivity index (χ0) is 31.3. The quantitative estimate of drug-likeness (QED) is 0.193. The molecule has 0 amide bonds. The van der Waals surface area contributed by atoms with Crippen molar-refractivity contribution in [3.8, 4) is 10.7 Å². The lowest BCUT2D eigenvalue weighted by atomic mass is 9.97. The number of hydrogen-bond donors (Lipinski definition) is 1. The summed E-state index contributed by atoms with van der Waals surface area (Å²) in [7, 11) is 0. The number of ketones is 1. The molecule has 15 nitrogen and oxygen atoms in total. The summed E-state index contributed by atoms with van der Waals surface area (Å²) >= 11 is 2.16. The molecule has 0 aromatic carbocycles. The van der Waals surface area contributed by atoms with Gasteiger partial charge in [-0.05, 0) is 6.92 Å². The molecule has 1 fully saturated rings. The molecular weight excluding hydrogens is 606 g/mol. The summed E-state index contributed by atoms with van der Waals surface area (Å²) in [5, 5.41) is 3.69. The summed E-state index contributed by atoms with van der Waals surface area (Å²) < 4.78 is 27.4. The topological polar surface area (TPSA) is 195 Å². The molecule has 0 bridgehead atoms. The summed E-state index contributed by atoms with van der Waals surface area (Å²) in [4.78, 5) is 78.6. The SMILES string of the molecule is CC(=O)OCC1O[C@H](Nc2ncc(C(=O)c3sc(-c4cnccn4)nc3C)s2)C(OC(C)=O)C(OC(C)=O)[C@@H]1OC(C)=O. The number of nitrogens with one attached hydrogen (secondary N) is 1. The second-order valence-corrected chi connectivity index (χ2v) is 11.2. The minimum atomic E-state index is -1.35. The molecule has 0 saturated carbocycles. The second-order valence-electron chi connectivity index (χ2n) is 9.15. The van der Waals surface area contributed by atoms with Crippen LogP contribution in [0.5, 0.6) is 0 Å². The molecule has 3 aromatic heterocycles. The number of aromatic nitrogens is 4. The molecule has 228 valence electrons. The molecule has 1 N–H and O–H groups in total. The molecule has 0 spiro atoms. The van der Waals surface area contributed by atoms with Crippen molar-refractivity contribution in [2.75, 3.05) is 11.9 Å². The van der Waals surface area contributed by atoms with Crippen LogP contribution in [0.25, 0.3) is 10.7 Å². The molecule has 1 aliphatic rings. The fraction of sp³-hybridized carbons (Fsp3) is 0.423. The minimum Gasteiger partial charge on any atom is -0.463 e. The van der Waals surface area contributed by atoms with E-state index in [4.69, 9.17) is 23.7 Å². The summed E-state index contributed by atoms with van der Waals surface area (Å²) in [6, 6.07) is 0. The summed E-state index contributed by atoms with van der Waals surface area (Å²) in [5.74, 6) is -3.20. The van der Waals surface area contributed by atoms with Crippen molar-refractivity contribution in [1.82, 2.24) is 19.9 Å². The number of ether oxygens (including phenoxy) is 5. The van der Waals surface area contributed by atoms with Gasteiger partial charge in [-0.15, -0.1) is 11.3 Å². The number of carbonyl (C=O) groups is 5. The number of hydrogen-bond acceptors (Lipinski definition) is 17. The molecule has 43 heavy (non-hydrogen) atoms. The fourth-order valence-electron chi connectivity index (χ4n) is 4.15. The Balaban J connectivity index is 1.61. The van der Waals surface area contributed by atoms with Crippen molar-refractivity contribution >= 4 is 57.5 Å². The average Bonchev–Trinajstić information content (AvgIpc) is 3.57. The van der Waals surface area contributed by atoms with Gasteiger partial charge >= 0.3 is 23.9 Å².